The maximum absolute atomic E-state index is 13.4. The van der Waals surface area contributed by atoms with Crippen molar-refractivity contribution in [3.05, 3.63) is 78.0 Å². The number of hydrogen-bond acceptors (Lipinski definition) is 6. The van der Waals surface area contributed by atoms with Gasteiger partial charge < -0.3 is 19.7 Å². The number of morpholine rings is 1. The van der Waals surface area contributed by atoms with Crippen LogP contribution in [0.2, 0.25) is 0 Å². The fourth-order valence-electron chi connectivity index (χ4n) is 5.26. The highest BCUT2D eigenvalue weighted by Crippen LogP contribution is 2.32. The van der Waals surface area contributed by atoms with Crippen molar-refractivity contribution in [1.82, 2.24) is 19.6 Å². The first-order valence-corrected chi connectivity index (χ1v) is 15.4. The molecule has 2 N–H and O–H groups in total. The number of nitrogens with zero attached hydrogens (tertiary/aromatic N) is 4. The summed E-state index contributed by atoms with van der Waals surface area (Å²) in [6.07, 6.45) is 0.268. The predicted octanol–water partition coefficient (Wildman–Crippen LogP) is 5.83. The summed E-state index contributed by atoms with van der Waals surface area (Å²) in [5, 5.41) is 12.7. The Morgan fingerprint density at radius 1 is 1.02 bits per heavy atom. The van der Waals surface area contributed by atoms with Crippen molar-refractivity contribution in [2.75, 3.05) is 57.6 Å². The first-order chi connectivity index (χ1) is 21.5. The predicted molar refractivity (Wildman–Crippen MR) is 179 cm³/mol. The van der Waals surface area contributed by atoms with Crippen LogP contribution in [0.15, 0.2) is 66.7 Å². The highest BCUT2D eigenvalue weighted by molar-refractivity contribution is 6.07. The second kappa shape index (κ2) is 13.7. The molecule has 10 nitrogen and oxygen atoms in total. The molecule has 1 aromatic heterocycles. The first kappa shape index (κ1) is 32.0. The van der Waals surface area contributed by atoms with Crippen LogP contribution in [0.1, 0.15) is 38.4 Å². The van der Waals surface area contributed by atoms with E-state index in [-0.39, 0.29) is 23.5 Å². The lowest BCUT2D eigenvalue weighted by Gasteiger charge is -2.33. The lowest BCUT2D eigenvalue weighted by atomic mass is 9.92. The number of amides is 3. The number of hydrogen-bond donors (Lipinski definition) is 2. The van der Waals surface area contributed by atoms with E-state index in [1.165, 1.54) is 0 Å². The number of nitrogens with one attached hydrogen (secondary N) is 2. The van der Waals surface area contributed by atoms with Crippen LogP contribution >= 0.6 is 0 Å². The molecule has 1 aliphatic heterocycles. The molecule has 1 atom stereocenters. The highest BCUT2D eigenvalue weighted by atomic mass is 16.5. The van der Waals surface area contributed by atoms with Gasteiger partial charge in [-0.15, -0.1) is 0 Å². The molecule has 3 amide bonds. The van der Waals surface area contributed by atoms with E-state index >= 15 is 0 Å². The number of aryl methyl sites for hydroxylation is 1. The summed E-state index contributed by atoms with van der Waals surface area (Å²) in [7, 11) is 3.53. The molecule has 5 rings (SSSR count). The molecule has 1 unspecified atom stereocenters. The summed E-state index contributed by atoms with van der Waals surface area (Å²) in [5.41, 5.74) is 3.38. The van der Waals surface area contributed by atoms with Gasteiger partial charge in [0.2, 0.25) is 5.91 Å². The van der Waals surface area contributed by atoms with Crippen LogP contribution in [0.5, 0.6) is 5.75 Å². The standard InChI is InChI=1S/C35H44N6O4/c1-24-11-13-25(14-12-24)41-32(22-31(38-41)35(2,3)4)37-34(43)36-29-15-16-30(28-10-8-7-9-27(28)29)45-20-18-40-17-19-44-26(23-40)21-33(42)39(5)6/h7-16,22,26H,17-21,23H2,1-6H3,(H2,36,37,43). The average molecular weight is 613 g/mol. The van der Waals surface area contributed by atoms with Crippen LogP contribution in [0.4, 0.5) is 16.3 Å². The van der Waals surface area contributed by atoms with E-state index in [1.54, 1.807) is 23.7 Å². The Labute approximate surface area is 265 Å². The van der Waals surface area contributed by atoms with Gasteiger partial charge in [-0.05, 0) is 31.2 Å². The molecule has 1 fully saturated rings. The van der Waals surface area contributed by atoms with Crippen molar-refractivity contribution in [2.24, 2.45) is 0 Å². The smallest absolute Gasteiger partial charge is 0.324 e. The Balaban J connectivity index is 1.26. The number of anilines is 2. The number of carbonyl (C=O) groups is 2. The van der Waals surface area contributed by atoms with Gasteiger partial charge in [0.25, 0.3) is 0 Å². The van der Waals surface area contributed by atoms with E-state index in [4.69, 9.17) is 14.6 Å². The SMILES string of the molecule is Cc1ccc(-n2nc(C(C)(C)C)cc2NC(=O)Nc2ccc(OCCN3CCOC(CC(=O)N(C)C)C3)c3ccccc23)cc1. The molecule has 4 aromatic rings. The molecule has 0 spiro atoms. The summed E-state index contributed by atoms with van der Waals surface area (Å²) < 4.78 is 13.8. The normalized spacial score (nSPS) is 15.6. The number of aromatic nitrogens is 2. The molecule has 0 bridgehead atoms. The van der Waals surface area contributed by atoms with Gasteiger partial charge in [-0.2, -0.15) is 5.10 Å². The van der Waals surface area contributed by atoms with Crippen molar-refractivity contribution in [3.8, 4) is 11.4 Å². The van der Waals surface area contributed by atoms with Crippen LogP contribution in [0.25, 0.3) is 16.5 Å². The van der Waals surface area contributed by atoms with Crippen LogP contribution < -0.4 is 15.4 Å². The maximum atomic E-state index is 13.4. The number of ether oxygens (including phenoxy) is 2. The molecule has 0 radical (unpaired) electrons. The van der Waals surface area contributed by atoms with Crippen LogP contribution in [-0.4, -0.2) is 84.6 Å². The topological polar surface area (TPSA) is 101 Å². The molecule has 0 aliphatic carbocycles. The van der Waals surface area contributed by atoms with Crippen LogP contribution in [0.3, 0.4) is 0 Å². The first-order valence-electron chi connectivity index (χ1n) is 15.4. The lowest BCUT2D eigenvalue weighted by Crippen LogP contribution is -2.45. The molecule has 3 aromatic carbocycles. The van der Waals surface area contributed by atoms with E-state index in [0.717, 1.165) is 46.6 Å². The lowest BCUT2D eigenvalue weighted by molar-refractivity contribution is -0.133. The minimum absolute atomic E-state index is 0.0681. The third kappa shape index (κ3) is 8.01. The summed E-state index contributed by atoms with van der Waals surface area (Å²) in [5.74, 6) is 1.40. The van der Waals surface area contributed by atoms with Gasteiger partial charge in [-0.1, -0.05) is 62.7 Å². The highest BCUT2D eigenvalue weighted by Gasteiger charge is 2.24. The number of rotatable bonds is 9. The second-order valence-corrected chi connectivity index (χ2v) is 12.8. The van der Waals surface area contributed by atoms with Gasteiger partial charge in [-0.3, -0.25) is 15.0 Å². The summed E-state index contributed by atoms with van der Waals surface area (Å²) in [6, 6.07) is 21.2. The average Bonchev–Trinajstić information content (AvgIpc) is 3.43. The Morgan fingerprint density at radius 3 is 2.47 bits per heavy atom. The zero-order valence-electron chi connectivity index (χ0n) is 27.1. The van der Waals surface area contributed by atoms with Gasteiger partial charge in [0.1, 0.15) is 18.2 Å². The van der Waals surface area contributed by atoms with E-state index < -0.39 is 0 Å². The van der Waals surface area contributed by atoms with Crippen molar-refractivity contribution in [3.63, 3.8) is 0 Å². The van der Waals surface area contributed by atoms with Crippen LogP contribution in [0, 0.1) is 6.92 Å². The number of fused-ring (bicyclic) bond motifs is 1. The van der Waals surface area contributed by atoms with Crippen molar-refractivity contribution >= 4 is 34.2 Å². The molecule has 238 valence electrons. The van der Waals surface area contributed by atoms with Crippen molar-refractivity contribution < 1.29 is 19.1 Å². The van der Waals surface area contributed by atoms with Gasteiger partial charge in [0.15, 0.2) is 0 Å². The van der Waals surface area contributed by atoms with E-state index in [2.05, 4.69) is 36.3 Å². The Morgan fingerprint density at radius 2 is 1.76 bits per heavy atom. The zero-order chi connectivity index (χ0) is 32.1. The van der Waals surface area contributed by atoms with Gasteiger partial charge in [-0.25, -0.2) is 9.48 Å². The van der Waals surface area contributed by atoms with Crippen molar-refractivity contribution in [2.45, 2.75) is 45.6 Å². The molecule has 45 heavy (non-hydrogen) atoms. The molecule has 0 saturated carbocycles. The molecule has 2 heterocycles. The third-order valence-electron chi connectivity index (χ3n) is 7.92. The zero-order valence-corrected chi connectivity index (χ0v) is 27.1. The summed E-state index contributed by atoms with van der Waals surface area (Å²) >= 11 is 0. The monoisotopic (exact) mass is 612 g/mol. The minimum atomic E-state index is -0.364. The van der Waals surface area contributed by atoms with Gasteiger partial charge in [0, 0.05) is 56.0 Å². The molecule has 1 aliphatic rings. The quantitative estimate of drug-likeness (QED) is 0.247. The van der Waals surface area contributed by atoms with Crippen molar-refractivity contribution in [1.29, 1.82) is 0 Å². The fraction of sp³-hybridized carbons (Fsp3) is 0.400. The van der Waals surface area contributed by atoms with E-state index in [0.29, 0.717) is 37.7 Å². The second-order valence-electron chi connectivity index (χ2n) is 12.8. The Kier molecular flexibility index (Phi) is 9.74. The largest absolute Gasteiger partial charge is 0.492 e. The Hall–Kier alpha value is -4.41. The van der Waals surface area contributed by atoms with E-state index in [9.17, 15) is 9.59 Å². The summed E-state index contributed by atoms with van der Waals surface area (Å²) in [6.45, 7) is 11.6. The fourth-order valence-corrected chi connectivity index (χ4v) is 5.26. The molecule has 1 saturated heterocycles. The molecular formula is C35H44N6O4. The van der Waals surface area contributed by atoms with Gasteiger partial charge >= 0.3 is 6.03 Å². The number of benzene rings is 3. The molecular weight excluding hydrogens is 568 g/mol. The van der Waals surface area contributed by atoms with Gasteiger partial charge in [0.05, 0.1) is 36.2 Å². The molecule has 10 heteroatoms. The minimum Gasteiger partial charge on any atom is -0.492 e. The maximum Gasteiger partial charge on any atom is 0.324 e. The third-order valence-corrected chi connectivity index (χ3v) is 7.92. The van der Waals surface area contributed by atoms with E-state index in [1.807, 2.05) is 73.7 Å². The summed E-state index contributed by atoms with van der Waals surface area (Å²) in [4.78, 5) is 29.3. The Bertz CT molecular complexity index is 1640. The number of carbonyl (C=O) groups excluding carboxylic acids is 2. The van der Waals surface area contributed by atoms with Crippen LogP contribution in [-0.2, 0) is 14.9 Å². The number of urea groups is 1.